The van der Waals surface area contributed by atoms with Crippen molar-refractivity contribution in [2.75, 3.05) is 26.2 Å². The minimum atomic E-state index is -0.889. The van der Waals surface area contributed by atoms with Gasteiger partial charge in [0, 0.05) is 42.8 Å². The molecule has 2 aromatic carbocycles. The van der Waals surface area contributed by atoms with E-state index in [1.54, 1.807) is 22.3 Å². The Morgan fingerprint density at radius 2 is 1.00 bits per heavy atom. The van der Waals surface area contributed by atoms with Crippen molar-refractivity contribution in [3.63, 3.8) is 0 Å². The second-order valence-electron chi connectivity index (χ2n) is 19.5. The highest BCUT2D eigenvalue weighted by atomic mass is 16.3. The summed E-state index contributed by atoms with van der Waals surface area (Å²) in [5.41, 5.74) is 5.36. The van der Waals surface area contributed by atoms with Gasteiger partial charge in [-0.1, -0.05) is 80.6 Å². The minimum Gasteiger partial charge on any atom is -0.394 e. The fourth-order valence-electron chi connectivity index (χ4n) is 13.0. The van der Waals surface area contributed by atoms with Gasteiger partial charge in [0.2, 0.25) is 0 Å². The molecule has 9 heteroatoms. The number of amides is 4. The Bertz CT molecular complexity index is 1620. The lowest BCUT2D eigenvalue weighted by Gasteiger charge is -2.38. The quantitative estimate of drug-likeness (QED) is 0.132. The number of urea groups is 2. The molecule has 0 spiro atoms. The average molecular weight is 779 g/mol. The van der Waals surface area contributed by atoms with E-state index in [4.69, 9.17) is 0 Å². The van der Waals surface area contributed by atoms with Crippen LogP contribution >= 0.6 is 0 Å². The molecule has 7 aliphatic rings. The molecule has 2 saturated heterocycles. The van der Waals surface area contributed by atoms with Crippen LogP contribution in [0.15, 0.2) is 48.5 Å². The minimum absolute atomic E-state index is 0.146. The molecule has 1 unspecified atom stereocenters. The number of hydrogen-bond acceptors (Lipinski definition) is 5. The molecule has 57 heavy (non-hydrogen) atoms. The highest BCUT2D eigenvalue weighted by molar-refractivity contribution is 5.76. The van der Waals surface area contributed by atoms with Crippen molar-refractivity contribution in [2.24, 2.45) is 17.8 Å². The molecule has 4 amide bonds. The first-order chi connectivity index (χ1) is 27.9. The molecule has 9 nitrogen and oxygen atoms in total. The van der Waals surface area contributed by atoms with Crippen LogP contribution in [0.3, 0.4) is 0 Å². The van der Waals surface area contributed by atoms with E-state index in [2.05, 4.69) is 79.6 Å². The van der Waals surface area contributed by atoms with Crippen molar-refractivity contribution in [3.8, 4) is 0 Å². The fraction of sp³-hybridized carbons (Fsp3) is 0.708. The lowest BCUT2D eigenvalue weighted by molar-refractivity contribution is 0.123. The Balaban J connectivity index is 0.711. The Morgan fingerprint density at radius 3 is 1.44 bits per heavy atom. The van der Waals surface area contributed by atoms with Gasteiger partial charge in [-0.05, 0) is 149 Å². The standard InChI is InChI=1S/C48H70N6O3/c55-32-48(30-35-8-2-1-3-9-35,52-47(57)51-37-20-16-34(17-21-37)27-29-54-44-24-25-45(54)41-13-7-6-12-40(41)44)31-49-46(56)50-36-18-14-33(15-19-36)26-28-53-42-22-23-43(53)39-11-5-4-10-38(39)42/h4-7,10-13,33-37,42-45,55H,1-3,8-9,14-32H2,(H2,49,50,56)(H2,51,52,57)/t33?,34?,36?,37?,42-,43+,44-,45+,48?. The summed E-state index contributed by atoms with van der Waals surface area (Å²) in [6.45, 7) is 2.38. The van der Waals surface area contributed by atoms with Gasteiger partial charge in [-0.15, -0.1) is 0 Å². The maximum Gasteiger partial charge on any atom is 0.315 e. The number of hydrogen-bond donors (Lipinski definition) is 5. The molecule has 310 valence electrons. The predicted molar refractivity (Wildman–Crippen MR) is 226 cm³/mol. The highest BCUT2D eigenvalue weighted by Gasteiger charge is 2.45. The predicted octanol–water partition coefficient (Wildman–Crippen LogP) is 8.97. The number of fused-ring (bicyclic) bond motifs is 10. The van der Waals surface area contributed by atoms with E-state index < -0.39 is 5.54 Å². The van der Waals surface area contributed by atoms with Gasteiger partial charge in [0.1, 0.15) is 0 Å². The fourth-order valence-corrected chi connectivity index (χ4v) is 13.0. The Labute approximate surface area is 341 Å². The van der Waals surface area contributed by atoms with Crippen LogP contribution in [0, 0.1) is 17.8 Å². The molecule has 2 aromatic rings. The van der Waals surface area contributed by atoms with E-state index in [1.807, 2.05) is 0 Å². The first-order valence-electron chi connectivity index (χ1n) is 23.4. The first-order valence-corrected chi connectivity index (χ1v) is 23.4. The molecule has 0 radical (unpaired) electrons. The summed E-state index contributed by atoms with van der Waals surface area (Å²) in [4.78, 5) is 32.5. The largest absolute Gasteiger partial charge is 0.394 e. The summed E-state index contributed by atoms with van der Waals surface area (Å²) >= 11 is 0. The molecular weight excluding hydrogens is 709 g/mol. The monoisotopic (exact) mass is 779 g/mol. The van der Waals surface area contributed by atoms with Crippen LogP contribution < -0.4 is 21.3 Å². The van der Waals surface area contributed by atoms with E-state index >= 15 is 0 Å². The van der Waals surface area contributed by atoms with E-state index in [9.17, 15) is 14.7 Å². The molecule has 5 N–H and O–H groups in total. The number of nitrogens with zero attached hydrogens (tertiary/aromatic N) is 2. The molecule has 4 heterocycles. The van der Waals surface area contributed by atoms with E-state index in [1.165, 1.54) is 70.9 Å². The second-order valence-corrected chi connectivity index (χ2v) is 19.5. The van der Waals surface area contributed by atoms with Crippen molar-refractivity contribution in [1.82, 2.24) is 31.1 Å². The van der Waals surface area contributed by atoms with Crippen LogP contribution in [0.5, 0.6) is 0 Å². The normalized spacial score (nSPS) is 32.0. The van der Waals surface area contributed by atoms with Gasteiger partial charge < -0.3 is 26.4 Å². The summed E-state index contributed by atoms with van der Waals surface area (Å²) < 4.78 is 0. The van der Waals surface area contributed by atoms with Crippen LogP contribution in [-0.2, 0) is 0 Å². The molecule has 5 fully saturated rings. The molecule has 3 saturated carbocycles. The number of carbonyl (C=O) groups excluding carboxylic acids is 2. The van der Waals surface area contributed by atoms with Gasteiger partial charge >= 0.3 is 12.1 Å². The highest BCUT2D eigenvalue weighted by Crippen LogP contribution is 2.54. The van der Waals surface area contributed by atoms with E-state index in [-0.39, 0.29) is 37.3 Å². The Morgan fingerprint density at radius 1 is 0.561 bits per heavy atom. The third kappa shape index (κ3) is 8.63. The molecule has 5 atom stereocenters. The Kier molecular flexibility index (Phi) is 12.1. The zero-order chi connectivity index (χ0) is 38.8. The lowest BCUT2D eigenvalue weighted by atomic mass is 9.79. The van der Waals surface area contributed by atoms with Crippen molar-refractivity contribution < 1.29 is 14.7 Å². The van der Waals surface area contributed by atoms with Gasteiger partial charge in [0.15, 0.2) is 0 Å². The maximum atomic E-state index is 13.7. The number of aliphatic hydroxyl groups is 1. The number of carbonyl (C=O) groups is 2. The van der Waals surface area contributed by atoms with Gasteiger partial charge in [0.05, 0.1) is 12.1 Å². The van der Waals surface area contributed by atoms with Crippen LogP contribution in [0.25, 0.3) is 0 Å². The van der Waals surface area contributed by atoms with Crippen LogP contribution in [0.4, 0.5) is 9.59 Å². The summed E-state index contributed by atoms with van der Waals surface area (Å²) in [5.74, 6) is 1.86. The SMILES string of the molecule is O=C(NCC(CO)(CC1CCCCC1)NC(=O)NC1CCC(CCN2[C@@H]3CC[C@H]2c2ccccc23)CC1)NC1CCC(CCN2[C@@H]3CC[C@H]2c2ccccc23)CC1. The number of aliphatic hydroxyl groups excluding tert-OH is 1. The summed E-state index contributed by atoms with van der Waals surface area (Å²) in [6.07, 6.45) is 22.8. The second kappa shape index (κ2) is 17.6. The zero-order valence-corrected chi connectivity index (χ0v) is 34.4. The van der Waals surface area contributed by atoms with Crippen molar-refractivity contribution in [1.29, 1.82) is 0 Å². The molecule has 3 aliphatic carbocycles. The van der Waals surface area contributed by atoms with Gasteiger partial charge in [-0.25, -0.2) is 9.59 Å². The molecule has 4 bridgehead atoms. The first kappa shape index (κ1) is 39.3. The van der Waals surface area contributed by atoms with E-state index in [0.29, 0.717) is 48.3 Å². The van der Waals surface area contributed by atoms with Crippen LogP contribution in [0.2, 0.25) is 0 Å². The summed E-state index contributed by atoms with van der Waals surface area (Å²) in [7, 11) is 0. The third-order valence-corrected chi connectivity index (χ3v) is 16.1. The maximum absolute atomic E-state index is 13.7. The topological polar surface area (TPSA) is 109 Å². The van der Waals surface area contributed by atoms with Crippen LogP contribution in [0.1, 0.15) is 175 Å². The number of rotatable bonds is 14. The Hall–Kier alpha value is -3.14. The smallest absolute Gasteiger partial charge is 0.315 e. The van der Waals surface area contributed by atoms with E-state index in [0.717, 1.165) is 64.2 Å². The lowest BCUT2D eigenvalue weighted by Crippen LogP contribution is -2.62. The van der Waals surface area contributed by atoms with Gasteiger partial charge in [-0.3, -0.25) is 9.80 Å². The van der Waals surface area contributed by atoms with Crippen molar-refractivity contribution >= 4 is 12.1 Å². The molecular formula is C48H70N6O3. The van der Waals surface area contributed by atoms with Crippen molar-refractivity contribution in [3.05, 3.63) is 70.8 Å². The molecule has 4 aliphatic heterocycles. The van der Waals surface area contributed by atoms with Crippen molar-refractivity contribution in [2.45, 2.75) is 170 Å². The van der Waals surface area contributed by atoms with Crippen LogP contribution in [-0.4, -0.2) is 70.8 Å². The number of nitrogens with one attached hydrogen (secondary N) is 4. The molecule has 9 rings (SSSR count). The summed E-state index contributed by atoms with van der Waals surface area (Å²) in [5, 5.41) is 23.8. The molecule has 0 aromatic heterocycles. The van der Waals surface area contributed by atoms with Gasteiger partial charge in [-0.2, -0.15) is 0 Å². The van der Waals surface area contributed by atoms with Gasteiger partial charge in [0.25, 0.3) is 0 Å². The average Bonchev–Trinajstić information content (AvgIpc) is 4.01. The number of benzene rings is 2. The zero-order valence-electron chi connectivity index (χ0n) is 34.4. The summed E-state index contributed by atoms with van der Waals surface area (Å²) in [6, 6.07) is 20.5. The third-order valence-electron chi connectivity index (χ3n) is 16.1.